The second kappa shape index (κ2) is 5.18. The molecule has 0 aliphatic rings. The number of benzene rings is 1. The number of halogens is 1. The summed E-state index contributed by atoms with van der Waals surface area (Å²) in [5.41, 5.74) is 0.464. The van der Waals surface area contributed by atoms with Crippen LogP contribution in [0.2, 0.25) is 0 Å². The molecule has 0 heterocycles. The molecule has 0 saturated heterocycles. The molecule has 3 heteroatoms. The number of rotatable bonds is 4. The average molecular weight is 223 g/mol. The molecule has 1 aromatic carbocycles. The molecule has 0 amide bonds. The number of nitrogens with zero attached hydrogens (tertiary/aromatic N) is 1. The fraction of sp³-hybridized carbons (Fsp3) is 0.417. The maximum atomic E-state index is 12.1. The second-order valence-electron chi connectivity index (χ2n) is 3.77. The predicted octanol–water partition coefficient (Wildman–Crippen LogP) is 3.55. The Kier molecular flexibility index (Phi) is 4.16. The molecule has 1 nitrogen and oxygen atoms in total. The number of hydrogen-bond donors (Lipinski definition) is 0. The van der Waals surface area contributed by atoms with Gasteiger partial charge in [0.1, 0.15) is 0 Å². The van der Waals surface area contributed by atoms with Crippen LogP contribution in [0.4, 0.5) is 4.39 Å². The molecule has 0 N–H and O–H groups in total. The fourth-order valence-electron chi connectivity index (χ4n) is 1.32. The predicted molar refractivity (Wildman–Crippen MR) is 61.8 cm³/mol. The maximum Gasteiger partial charge on any atom is 0.0988 e. The summed E-state index contributed by atoms with van der Waals surface area (Å²) in [4.78, 5) is 1.00. The van der Waals surface area contributed by atoms with Crippen LogP contribution in [0.25, 0.3) is 0 Å². The van der Waals surface area contributed by atoms with E-state index in [2.05, 4.69) is 6.07 Å². The molecule has 0 unspecified atom stereocenters. The molecule has 0 bridgehead atoms. The van der Waals surface area contributed by atoms with Crippen molar-refractivity contribution in [3.63, 3.8) is 0 Å². The summed E-state index contributed by atoms with van der Waals surface area (Å²) in [6, 6.07) is 9.97. The van der Waals surface area contributed by atoms with Gasteiger partial charge in [0, 0.05) is 10.6 Å². The van der Waals surface area contributed by atoms with E-state index in [-0.39, 0.29) is 6.67 Å². The third-order valence-corrected chi connectivity index (χ3v) is 3.20. The van der Waals surface area contributed by atoms with Crippen molar-refractivity contribution in [1.82, 2.24) is 0 Å². The molecular formula is C12H14FNS. The zero-order chi connectivity index (χ0) is 11.3. The molecule has 0 saturated carbocycles. The summed E-state index contributed by atoms with van der Waals surface area (Å²) in [6.07, 6.45) is 0. The monoisotopic (exact) mass is 223 g/mol. The summed E-state index contributed by atoms with van der Waals surface area (Å²) >= 11 is 1.46. The van der Waals surface area contributed by atoms with Gasteiger partial charge in [-0.2, -0.15) is 5.26 Å². The summed E-state index contributed by atoms with van der Waals surface area (Å²) in [5.74, 6) is 0.443. The lowest BCUT2D eigenvalue weighted by atomic mass is 9.86. The number of nitriles is 1. The van der Waals surface area contributed by atoms with Crippen LogP contribution in [-0.4, -0.2) is 12.4 Å². The Morgan fingerprint density at radius 2 is 2.07 bits per heavy atom. The molecule has 0 radical (unpaired) electrons. The van der Waals surface area contributed by atoms with Gasteiger partial charge in [0.15, 0.2) is 0 Å². The SMILES string of the molecule is CC(C)(C#N)c1ccccc1SCCF. The third kappa shape index (κ3) is 2.97. The molecule has 0 fully saturated rings. The molecule has 0 atom stereocenters. The zero-order valence-corrected chi connectivity index (χ0v) is 9.77. The number of hydrogen-bond acceptors (Lipinski definition) is 2. The largest absolute Gasteiger partial charge is 0.250 e. The van der Waals surface area contributed by atoms with E-state index in [1.54, 1.807) is 0 Å². The Labute approximate surface area is 94.3 Å². The lowest BCUT2D eigenvalue weighted by Gasteiger charge is -2.19. The van der Waals surface area contributed by atoms with E-state index in [0.717, 1.165) is 10.5 Å². The standard InChI is InChI=1S/C12H14FNS/c1-12(2,9-14)10-5-3-4-6-11(10)15-8-7-13/h3-6H,7-8H2,1-2H3. The third-order valence-electron chi connectivity index (χ3n) is 2.17. The van der Waals surface area contributed by atoms with Crippen molar-refractivity contribution in [1.29, 1.82) is 5.26 Å². The summed E-state index contributed by atoms with van der Waals surface area (Å²) in [7, 11) is 0. The van der Waals surface area contributed by atoms with Crippen molar-refractivity contribution in [3.05, 3.63) is 29.8 Å². The first kappa shape index (κ1) is 12.1. The first-order chi connectivity index (χ1) is 7.11. The highest BCUT2D eigenvalue weighted by molar-refractivity contribution is 7.99. The Morgan fingerprint density at radius 1 is 1.40 bits per heavy atom. The molecule has 1 rings (SSSR count). The highest BCUT2D eigenvalue weighted by Crippen LogP contribution is 2.32. The van der Waals surface area contributed by atoms with Gasteiger partial charge >= 0.3 is 0 Å². The molecule has 80 valence electrons. The van der Waals surface area contributed by atoms with Gasteiger partial charge in [-0.05, 0) is 25.5 Å². The summed E-state index contributed by atoms with van der Waals surface area (Å²) in [6.45, 7) is 3.41. The smallest absolute Gasteiger partial charge is 0.0988 e. The van der Waals surface area contributed by atoms with Crippen molar-refractivity contribution >= 4 is 11.8 Å². The van der Waals surface area contributed by atoms with Gasteiger partial charge in [0.2, 0.25) is 0 Å². The van der Waals surface area contributed by atoms with Crippen LogP contribution in [0.1, 0.15) is 19.4 Å². The van der Waals surface area contributed by atoms with E-state index < -0.39 is 5.41 Å². The minimum absolute atomic E-state index is 0.341. The van der Waals surface area contributed by atoms with Gasteiger partial charge in [-0.15, -0.1) is 11.8 Å². The fourth-order valence-corrected chi connectivity index (χ4v) is 2.27. The highest BCUT2D eigenvalue weighted by atomic mass is 32.2. The van der Waals surface area contributed by atoms with Gasteiger partial charge in [-0.25, -0.2) is 0 Å². The molecule has 1 aromatic rings. The van der Waals surface area contributed by atoms with Crippen LogP contribution in [-0.2, 0) is 5.41 Å². The first-order valence-corrected chi connectivity index (χ1v) is 5.80. The van der Waals surface area contributed by atoms with Crippen LogP contribution >= 0.6 is 11.8 Å². The Balaban J connectivity index is 3.02. The quantitative estimate of drug-likeness (QED) is 0.729. The van der Waals surface area contributed by atoms with Crippen molar-refractivity contribution < 1.29 is 4.39 Å². The summed E-state index contributed by atoms with van der Waals surface area (Å²) < 4.78 is 12.1. The maximum absolute atomic E-state index is 12.1. The van der Waals surface area contributed by atoms with Gasteiger partial charge < -0.3 is 0 Å². The van der Waals surface area contributed by atoms with E-state index >= 15 is 0 Å². The molecule has 0 aromatic heterocycles. The van der Waals surface area contributed by atoms with E-state index in [0.29, 0.717) is 5.75 Å². The van der Waals surface area contributed by atoms with E-state index in [1.807, 2.05) is 38.1 Å². The van der Waals surface area contributed by atoms with Crippen LogP contribution < -0.4 is 0 Å². The normalized spacial score (nSPS) is 11.1. The summed E-state index contributed by atoms with van der Waals surface area (Å²) in [5, 5.41) is 9.06. The lowest BCUT2D eigenvalue weighted by molar-refractivity contribution is 0.532. The topological polar surface area (TPSA) is 23.8 Å². The van der Waals surface area contributed by atoms with Gasteiger partial charge in [-0.3, -0.25) is 4.39 Å². The van der Waals surface area contributed by atoms with Gasteiger partial charge in [0.05, 0.1) is 18.2 Å². The molecule has 0 aliphatic heterocycles. The lowest BCUT2D eigenvalue weighted by Crippen LogP contribution is -2.15. The zero-order valence-electron chi connectivity index (χ0n) is 8.96. The van der Waals surface area contributed by atoms with Crippen LogP contribution in [0.5, 0.6) is 0 Å². The first-order valence-electron chi connectivity index (χ1n) is 4.81. The van der Waals surface area contributed by atoms with E-state index in [4.69, 9.17) is 5.26 Å². The minimum atomic E-state index is -0.514. The molecule has 0 aliphatic carbocycles. The number of thioether (sulfide) groups is 1. The van der Waals surface area contributed by atoms with Crippen LogP contribution in [0, 0.1) is 11.3 Å². The second-order valence-corrected chi connectivity index (χ2v) is 4.91. The van der Waals surface area contributed by atoms with Crippen molar-refractivity contribution in [3.8, 4) is 6.07 Å². The molecule has 0 spiro atoms. The van der Waals surface area contributed by atoms with Crippen LogP contribution in [0.15, 0.2) is 29.2 Å². The van der Waals surface area contributed by atoms with E-state index in [1.165, 1.54) is 11.8 Å². The molecular weight excluding hydrogens is 209 g/mol. The molecule has 15 heavy (non-hydrogen) atoms. The van der Waals surface area contributed by atoms with Gasteiger partial charge in [0.25, 0.3) is 0 Å². The van der Waals surface area contributed by atoms with Gasteiger partial charge in [-0.1, -0.05) is 18.2 Å². The van der Waals surface area contributed by atoms with Crippen LogP contribution in [0.3, 0.4) is 0 Å². The highest BCUT2D eigenvalue weighted by Gasteiger charge is 2.22. The van der Waals surface area contributed by atoms with Crippen molar-refractivity contribution in [2.24, 2.45) is 0 Å². The Morgan fingerprint density at radius 3 is 2.67 bits per heavy atom. The average Bonchev–Trinajstić information content (AvgIpc) is 2.26. The minimum Gasteiger partial charge on any atom is -0.250 e. The Hall–Kier alpha value is -1.01. The number of alkyl halides is 1. The Bertz CT molecular complexity index is 368. The van der Waals surface area contributed by atoms with Crippen molar-refractivity contribution in [2.75, 3.05) is 12.4 Å². The van der Waals surface area contributed by atoms with E-state index in [9.17, 15) is 4.39 Å². The van der Waals surface area contributed by atoms with Crippen molar-refractivity contribution in [2.45, 2.75) is 24.2 Å².